The van der Waals surface area contributed by atoms with Gasteiger partial charge in [0, 0.05) is 30.6 Å². The standard InChI is InChI=1S/C20H25N7O/c1-13-11-22-15(12-21-13)19(28)26-9-7-14(8-10-26)18-24-23-17-6-5-16(20(2,3)4)25-27(17)18/h5-6,11-12,14H,7-10H2,1-4H3. The van der Waals surface area contributed by atoms with Crippen molar-refractivity contribution in [3.63, 3.8) is 0 Å². The Bertz CT molecular complexity index is 996. The minimum atomic E-state index is -0.0646. The van der Waals surface area contributed by atoms with E-state index >= 15 is 0 Å². The molecule has 0 atom stereocenters. The Balaban J connectivity index is 1.50. The second-order valence-electron chi connectivity index (χ2n) is 8.41. The minimum absolute atomic E-state index is 0.0411. The van der Waals surface area contributed by atoms with Crippen molar-refractivity contribution in [1.29, 1.82) is 0 Å². The zero-order valence-corrected chi connectivity index (χ0v) is 16.8. The maximum atomic E-state index is 12.6. The molecular weight excluding hydrogens is 354 g/mol. The first kappa shape index (κ1) is 18.5. The predicted molar refractivity (Wildman–Crippen MR) is 104 cm³/mol. The second kappa shape index (κ2) is 6.92. The zero-order valence-electron chi connectivity index (χ0n) is 16.8. The summed E-state index contributed by atoms with van der Waals surface area (Å²) >= 11 is 0. The van der Waals surface area contributed by atoms with Gasteiger partial charge in [0.1, 0.15) is 5.69 Å². The Morgan fingerprint density at radius 1 is 1.07 bits per heavy atom. The van der Waals surface area contributed by atoms with E-state index in [1.54, 1.807) is 12.4 Å². The molecule has 0 radical (unpaired) electrons. The second-order valence-corrected chi connectivity index (χ2v) is 8.41. The first-order chi connectivity index (χ1) is 13.3. The van der Waals surface area contributed by atoms with Crippen LogP contribution in [-0.2, 0) is 5.41 Å². The molecule has 1 aliphatic rings. The summed E-state index contributed by atoms with van der Waals surface area (Å²) in [6.45, 7) is 9.60. The topological polar surface area (TPSA) is 89.2 Å². The smallest absolute Gasteiger partial charge is 0.274 e. The highest BCUT2D eigenvalue weighted by Gasteiger charge is 2.29. The van der Waals surface area contributed by atoms with E-state index in [-0.39, 0.29) is 17.2 Å². The van der Waals surface area contributed by atoms with Gasteiger partial charge < -0.3 is 4.90 Å². The summed E-state index contributed by atoms with van der Waals surface area (Å²) in [5.74, 6) is 1.04. The highest BCUT2D eigenvalue weighted by Crippen LogP contribution is 2.28. The number of amides is 1. The molecule has 0 N–H and O–H groups in total. The Hall–Kier alpha value is -2.90. The number of carbonyl (C=O) groups is 1. The van der Waals surface area contributed by atoms with E-state index in [9.17, 15) is 4.79 Å². The number of aryl methyl sites for hydroxylation is 1. The first-order valence-electron chi connectivity index (χ1n) is 9.64. The Labute approximate surface area is 164 Å². The maximum absolute atomic E-state index is 12.6. The normalized spacial score (nSPS) is 15.9. The van der Waals surface area contributed by atoms with E-state index in [2.05, 4.69) is 40.9 Å². The average Bonchev–Trinajstić information content (AvgIpc) is 3.11. The lowest BCUT2D eigenvalue weighted by Crippen LogP contribution is -2.38. The van der Waals surface area contributed by atoms with Gasteiger partial charge in [-0.2, -0.15) is 9.61 Å². The predicted octanol–water partition coefficient (Wildman–Crippen LogP) is 2.54. The fourth-order valence-corrected chi connectivity index (χ4v) is 3.47. The summed E-state index contributed by atoms with van der Waals surface area (Å²) in [5.41, 5.74) is 2.92. The van der Waals surface area contributed by atoms with Crippen molar-refractivity contribution in [2.24, 2.45) is 0 Å². The van der Waals surface area contributed by atoms with Crippen molar-refractivity contribution in [2.75, 3.05) is 13.1 Å². The largest absolute Gasteiger partial charge is 0.337 e. The summed E-state index contributed by atoms with van der Waals surface area (Å²) in [7, 11) is 0. The van der Waals surface area contributed by atoms with Crippen molar-refractivity contribution in [3.8, 4) is 0 Å². The number of rotatable bonds is 2. The number of nitrogens with zero attached hydrogens (tertiary/aromatic N) is 7. The fraction of sp³-hybridized carbons (Fsp3) is 0.500. The van der Waals surface area contributed by atoms with Crippen LogP contribution in [0.4, 0.5) is 0 Å². The molecule has 3 aromatic heterocycles. The molecule has 0 bridgehead atoms. The highest BCUT2D eigenvalue weighted by atomic mass is 16.2. The summed E-state index contributed by atoms with van der Waals surface area (Å²) in [6.07, 6.45) is 4.83. The van der Waals surface area contributed by atoms with Crippen molar-refractivity contribution in [3.05, 3.63) is 47.4 Å². The number of piperidine rings is 1. The number of carbonyl (C=O) groups excluding carboxylic acids is 1. The number of aromatic nitrogens is 6. The summed E-state index contributed by atoms with van der Waals surface area (Å²) in [4.78, 5) is 22.9. The quantitative estimate of drug-likeness (QED) is 0.680. The molecule has 0 saturated carbocycles. The van der Waals surface area contributed by atoms with E-state index in [1.165, 1.54) is 0 Å². The van der Waals surface area contributed by atoms with E-state index in [4.69, 9.17) is 5.10 Å². The van der Waals surface area contributed by atoms with Gasteiger partial charge in [0.15, 0.2) is 11.5 Å². The van der Waals surface area contributed by atoms with Crippen LogP contribution in [0.15, 0.2) is 24.5 Å². The van der Waals surface area contributed by atoms with Gasteiger partial charge >= 0.3 is 0 Å². The third-order valence-electron chi connectivity index (χ3n) is 5.20. The van der Waals surface area contributed by atoms with E-state index in [1.807, 2.05) is 28.5 Å². The Morgan fingerprint density at radius 2 is 1.82 bits per heavy atom. The van der Waals surface area contributed by atoms with Crippen LogP contribution >= 0.6 is 0 Å². The van der Waals surface area contributed by atoms with Gasteiger partial charge in [-0.15, -0.1) is 10.2 Å². The molecule has 8 heteroatoms. The van der Waals surface area contributed by atoms with Crippen molar-refractivity contribution >= 4 is 11.6 Å². The lowest BCUT2D eigenvalue weighted by Gasteiger charge is -2.30. The molecule has 4 heterocycles. The SMILES string of the molecule is Cc1cnc(C(=O)N2CCC(c3nnc4ccc(C(C)(C)C)nn34)CC2)cn1. The van der Waals surface area contributed by atoms with Crippen LogP contribution in [-0.4, -0.2) is 53.7 Å². The molecule has 0 aliphatic carbocycles. The van der Waals surface area contributed by atoms with Crippen molar-refractivity contribution < 1.29 is 4.79 Å². The van der Waals surface area contributed by atoms with E-state index < -0.39 is 0 Å². The molecule has 0 aromatic carbocycles. The van der Waals surface area contributed by atoms with Crippen LogP contribution in [0, 0.1) is 6.92 Å². The van der Waals surface area contributed by atoms with Crippen LogP contribution in [0.25, 0.3) is 5.65 Å². The number of fused-ring (bicyclic) bond motifs is 1. The molecular formula is C20H25N7O. The summed E-state index contributed by atoms with van der Waals surface area (Å²) < 4.78 is 1.87. The van der Waals surface area contributed by atoms with Crippen LogP contribution in [0.5, 0.6) is 0 Å². The van der Waals surface area contributed by atoms with E-state index in [0.717, 1.165) is 35.7 Å². The molecule has 146 valence electrons. The van der Waals surface area contributed by atoms with Crippen molar-refractivity contribution in [2.45, 2.75) is 51.9 Å². The molecule has 0 spiro atoms. The van der Waals surface area contributed by atoms with Crippen molar-refractivity contribution in [1.82, 2.24) is 34.7 Å². The first-order valence-corrected chi connectivity index (χ1v) is 9.64. The molecule has 1 saturated heterocycles. The average molecular weight is 379 g/mol. The molecule has 1 aliphatic heterocycles. The van der Waals surface area contributed by atoms with Crippen LogP contribution in [0.3, 0.4) is 0 Å². The zero-order chi connectivity index (χ0) is 19.9. The van der Waals surface area contributed by atoms with E-state index in [0.29, 0.717) is 18.8 Å². The minimum Gasteiger partial charge on any atom is -0.337 e. The van der Waals surface area contributed by atoms with Crippen LogP contribution in [0.1, 0.15) is 67.2 Å². The molecule has 3 aromatic rings. The van der Waals surface area contributed by atoms with Crippen LogP contribution in [0.2, 0.25) is 0 Å². The van der Waals surface area contributed by atoms with Gasteiger partial charge in [0.05, 0.1) is 17.6 Å². The van der Waals surface area contributed by atoms with Crippen LogP contribution < -0.4 is 0 Å². The highest BCUT2D eigenvalue weighted by molar-refractivity contribution is 5.92. The van der Waals surface area contributed by atoms with Gasteiger partial charge in [-0.3, -0.25) is 9.78 Å². The maximum Gasteiger partial charge on any atom is 0.274 e. The third kappa shape index (κ3) is 3.46. The Kier molecular flexibility index (Phi) is 4.56. The lowest BCUT2D eigenvalue weighted by atomic mass is 9.92. The molecule has 1 amide bonds. The van der Waals surface area contributed by atoms with Gasteiger partial charge in [0.25, 0.3) is 5.91 Å². The number of hydrogen-bond acceptors (Lipinski definition) is 6. The molecule has 4 rings (SSSR count). The van der Waals surface area contributed by atoms with Gasteiger partial charge in [-0.1, -0.05) is 20.8 Å². The number of likely N-dealkylation sites (tertiary alicyclic amines) is 1. The molecule has 28 heavy (non-hydrogen) atoms. The molecule has 1 fully saturated rings. The monoisotopic (exact) mass is 379 g/mol. The molecule has 8 nitrogen and oxygen atoms in total. The lowest BCUT2D eigenvalue weighted by molar-refractivity contribution is 0.0704. The fourth-order valence-electron chi connectivity index (χ4n) is 3.47. The van der Waals surface area contributed by atoms with Gasteiger partial charge in [-0.25, -0.2) is 4.98 Å². The Morgan fingerprint density at radius 3 is 2.46 bits per heavy atom. The third-order valence-corrected chi connectivity index (χ3v) is 5.20. The van der Waals surface area contributed by atoms with Gasteiger partial charge in [-0.05, 0) is 31.9 Å². The summed E-state index contributed by atoms with van der Waals surface area (Å²) in [6, 6.07) is 3.98. The molecule has 0 unspecified atom stereocenters. The number of hydrogen-bond donors (Lipinski definition) is 0. The van der Waals surface area contributed by atoms with Gasteiger partial charge in [0.2, 0.25) is 0 Å². The summed E-state index contributed by atoms with van der Waals surface area (Å²) in [5, 5.41) is 13.5.